The molecular weight excluding hydrogens is 392 g/mol. The van der Waals surface area contributed by atoms with E-state index in [1.54, 1.807) is 34.6 Å². The van der Waals surface area contributed by atoms with Gasteiger partial charge in [-0.05, 0) is 47.5 Å². The van der Waals surface area contributed by atoms with Crippen molar-refractivity contribution in [2.24, 2.45) is 0 Å². The van der Waals surface area contributed by atoms with Crippen molar-refractivity contribution in [3.63, 3.8) is 0 Å². The van der Waals surface area contributed by atoms with E-state index in [0.717, 1.165) is 0 Å². The molecule has 0 aliphatic carbocycles. The molecule has 0 unspecified atom stereocenters. The van der Waals surface area contributed by atoms with E-state index in [4.69, 9.17) is 21.1 Å². The number of ether oxygens (including phenoxy) is 3. The average molecular weight is 423 g/mol. The van der Waals surface area contributed by atoms with Gasteiger partial charge in [-0.2, -0.15) is 0 Å². The minimum absolute atomic E-state index is 0.0457. The van der Waals surface area contributed by atoms with Crippen LogP contribution in [0.25, 0.3) is 0 Å². The van der Waals surface area contributed by atoms with Crippen molar-refractivity contribution in [1.29, 1.82) is 0 Å². The summed E-state index contributed by atoms with van der Waals surface area (Å²) in [6, 6.07) is -2.15. The summed E-state index contributed by atoms with van der Waals surface area (Å²) in [6.07, 6.45) is -0.891. The first-order valence-corrected chi connectivity index (χ1v) is 9.19. The molecule has 0 aliphatic rings. The molecule has 0 aromatic rings. The second-order valence-corrected chi connectivity index (χ2v) is 8.84. The number of methoxy groups -OCH3 is 2. The lowest BCUT2D eigenvalue weighted by Crippen LogP contribution is -2.53. The van der Waals surface area contributed by atoms with Crippen LogP contribution in [0.2, 0.25) is 0 Å². The first-order chi connectivity index (χ1) is 12.7. The number of carbonyl (C=O) groups is 4. The van der Waals surface area contributed by atoms with Crippen LogP contribution in [0.1, 0.15) is 53.9 Å². The molecule has 0 heterocycles. The van der Waals surface area contributed by atoms with E-state index in [2.05, 4.69) is 15.4 Å². The maximum absolute atomic E-state index is 12.7. The van der Waals surface area contributed by atoms with E-state index in [-0.39, 0.29) is 19.3 Å². The van der Waals surface area contributed by atoms with Gasteiger partial charge in [0.15, 0.2) is 0 Å². The van der Waals surface area contributed by atoms with Crippen LogP contribution >= 0.6 is 11.6 Å². The average Bonchev–Trinajstić information content (AvgIpc) is 2.53. The Kier molecular flexibility index (Phi) is 10.3. The Morgan fingerprint density at radius 1 is 0.929 bits per heavy atom. The maximum Gasteiger partial charge on any atom is 0.408 e. The third-order valence-corrected chi connectivity index (χ3v) is 3.52. The fraction of sp³-hybridized carbons (Fsp3) is 0.778. The highest BCUT2D eigenvalue weighted by molar-refractivity contribution is 6.23. The van der Waals surface area contributed by atoms with Gasteiger partial charge in [-0.25, -0.2) is 9.59 Å². The second kappa shape index (κ2) is 11.1. The number of halogens is 1. The van der Waals surface area contributed by atoms with Gasteiger partial charge >= 0.3 is 18.0 Å². The lowest BCUT2D eigenvalue weighted by atomic mass is 10.0. The lowest BCUT2D eigenvalue weighted by Gasteiger charge is -2.26. The second-order valence-electron chi connectivity index (χ2n) is 7.82. The predicted octanol–water partition coefficient (Wildman–Crippen LogP) is 1.90. The predicted molar refractivity (Wildman–Crippen MR) is 103 cm³/mol. The van der Waals surface area contributed by atoms with Crippen LogP contribution in [0.15, 0.2) is 0 Å². The number of alkyl carbamates (subject to hydrolysis) is 1. The molecule has 2 amide bonds. The Morgan fingerprint density at radius 2 is 1.50 bits per heavy atom. The Labute approximate surface area is 170 Å². The van der Waals surface area contributed by atoms with E-state index in [1.165, 1.54) is 14.2 Å². The molecule has 9 nitrogen and oxygen atoms in total. The number of carbonyl (C=O) groups excluding carboxylic acids is 4. The molecule has 0 fully saturated rings. The van der Waals surface area contributed by atoms with Gasteiger partial charge in [0.2, 0.25) is 5.91 Å². The number of esters is 2. The number of alkyl halides is 1. The van der Waals surface area contributed by atoms with Crippen LogP contribution in [-0.4, -0.2) is 60.7 Å². The summed E-state index contributed by atoms with van der Waals surface area (Å²) >= 11 is 6.16. The van der Waals surface area contributed by atoms with Crippen LogP contribution < -0.4 is 10.6 Å². The summed E-state index contributed by atoms with van der Waals surface area (Å²) in [5.41, 5.74) is -0.773. The first-order valence-electron chi connectivity index (χ1n) is 8.82. The molecule has 0 radical (unpaired) electrons. The standard InChI is InChI=1S/C18H31ClN2O7/c1-17(2,3)28-16(25)21-11(8-9-13(22)26-6)14(23)20-12(15(24)27-7)10-18(4,5)19/h11-12H,8-10H2,1-7H3,(H,20,23)(H,21,25)/t11-,12-/m0/s1. The highest BCUT2D eigenvalue weighted by Crippen LogP contribution is 2.20. The van der Waals surface area contributed by atoms with Gasteiger partial charge in [0.1, 0.15) is 17.7 Å². The molecule has 0 rings (SSSR count). The zero-order chi connectivity index (χ0) is 22.1. The van der Waals surface area contributed by atoms with Gasteiger partial charge in [-0.3, -0.25) is 9.59 Å². The van der Waals surface area contributed by atoms with E-state index in [1.807, 2.05) is 0 Å². The summed E-state index contributed by atoms with van der Waals surface area (Å²) in [5, 5.41) is 4.93. The molecule has 0 bridgehead atoms. The van der Waals surface area contributed by atoms with E-state index >= 15 is 0 Å². The summed E-state index contributed by atoms with van der Waals surface area (Å²) in [4.78, 5) is 47.4. The molecule has 2 atom stereocenters. The summed E-state index contributed by atoms with van der Waals surface area (Å²) < 4.78 is 14.4. The van der Waals surface area contributed by atoms with Crippen molar-refractivity contribution >= 4 is 35.5 Å². The molecule has 0 saturated heterocycles. The van der Waals surface area contributed by atoms with Crippen LogP contribution in [0, 0.1) is 0 Å². The first kappa shape index (κ1) is 26.0. The van der Waals surface area contributed by atoms with E-state index in [0.29, 0.717) is 0 Å². The zero-order valence-electron chi connectivity index (χ0n) is 17.5. The number of nitrogens with one attached hydrogen (secondary N) is 2. The molecule has 0 spiro atoms. The molecular formula is C18H31ClN2O7. The fourth-order valence-electron chi connectivity index (χ4n) is 2.18. The van der Waals surface area contributed by atoms with Gasteiger partial charge in [0.05, 0.1) is 14.2 Å². The van der Waals surface area contributed by atoms with Crippen molar-refractivity contribution in [1.82, 2.24) is 10.6 Å². The molecule has 0 saturated carbocycles. The quantitative estimate of drug-likeness (QED) is 0.330. The summed E-state index contributed by atoms with van der Waals surface area (Å²) in [7, 11) is 2.41. The Bertz CT molecular complexity index is 567. The van der Waals surface area contributed by atoms with Crippen molar-refractivity contribution in [2.75, 3.05) is 14.2 Å². The number of amides is 2. The Morgan fingerprint density at radius 3 is 1.93 bits per heavy atom. The summed E-state index contributed by atoms with van der Waals surface area (Å²) in [5.74, 6) is -1.90. The van der Waals surface area contributed by atoms with Crippen LogP contribution in [0.3, 0.4) is 0 Å². The SMILES string of the molecule is COC(=O)CC[C@H](NC(=O)OC(C)(C)C)C(=O)N[C@@H](CC(C)(C)Cl)C(=O)OC. The highest BCUT2D eigenvalue weighted by Gasteiger charge is 2.32. The van der Waals surface area contributed by atoms with Crippen LogP contribution in [0.4, 0.5) is 4.79 Å². The van der Waals surface area contributed by atoms with Gasteiger partial charge in [0.25, 0.3) is 0 Å². The molecule has 10 heteroatoms. The maximum atomic E-state index is 12.7. The van der Waals surface area contributed by atoms with Crippen molar-refractivity contribution in [3.8, 4) is 0 Å². The minimum Gasteiger partial charge on any atom is -0.469 e. The highest BCUT2D eigenvalue weighted by atomic mass is 35.5. The largest absolute Gasteiger partial charge is 0.469 e. The van der Waals surface area contributed by atoms with Gasteiger partial charge in [0, 0.05) is 11.3 Å². The van der Waals surface area contributed by atoms with Gasteiger partial charge < -0.3 is 24.8 Å². The molecule has 0 aliphatic heterocycles. The molecule has 2 N–H and O–H groups in total. The lowest BCUT2D eigenvalue weighted by molar-refractivity contribution is -0.146. The van der Waals surface area contributed by atoms with Crippen LogP contribution in [-0.2, 0) is 28.6 Å². The zero-order valence-corrected chi connectivity index (χ0v) is 18.3. The number of hydrogen-bond donors (Lipinski definition) is 2. The molecule has 28 heavy (non-hydrogen) atoms. The Hall–Kier alpha value is -2.03. The van der Waals surface area contributed by atoms with Crippen molar-refractivity contribution < 1.29 is 33.4 Å². The van der Waals surface area contributed by atoms with Crippen molar-refractivity contribution in [2.45, 2.75) is 76.4 Å². The van der Waals surface area contributed by atoms with Crippen molar-refractivity contribution in [3.05, 3.63) is 0 Å². The van der Waals surface area contributed by atoms with E-state index in [9.17, 15) is 19.2 Å². The van der Waals surface area contributed by atoms with Gasteiger partial charge in [-0.1, -0.05) is 0 Å². The number of rotatable bonds is 9. The third-order valence-electron chi connectivity index (χ3n) is 3.36. The topological polar surface area (TPSA) is 120 Å². The van der Waals surface area contributed by atoms with E-state index < -0.39 is 46.5 Å². The minimum atomic E-state index is -1.13. The van der Waals surface area contributed by atoms with Gasteiger partial charge in [-0.15, -0.1) is 11.6 Å². The molecule has 0 aromatic heterocycles. The normalized spacial score (nSPS) is 13.7. The molecule has 0 aromatic carbocycles. The fourth-order valence-corrected chi connectivity index (χ4v) is 2.33. The monoisotopic (exact) mass is 422 g/mol. The molecule has 162 valence electrons. The smallest absolute Gasteiger partial charge is 0.408 e. The summed E-state index contributed by atoms with van der Waals surface area (Å²) in [6.45, 7) is 8.39. The van der Waals surface area contributed by atoms with Crippen LogP contribution in [0.5, 0.6) is 0 Å². The number of hydrogen-bond acceptors (Lipinski definition) is 7. The third kappa shape index (κ3) is 11.6. The Balaban J connectivity index is 5.30.